The molecule has 1 atom stereocenters. The summed E-state index contributed by atoms with van der Waals surface area (Å²) >= 11 is 0. The number of carbonyl (C=O) groups excluding carboxylic acids is 2. The maximum Gasteiger partial charge on any atom is 0.242 e. The molecule has 0 aliphatic rings. The van der Waals surface area contributed by atoms with E-state index < -0.39 is 6.04 Å². The molecule has 138 valence electrons. The van der Waals surface area contributed by atoms with Gasteiger partial charge in [-0.15, -0.1) is 0 Å². The van der Waals surface area contributed by atoms with Crippen LogP contribution in [0, 0.1) is 19.7 Å². The van der Waals surface area contributed by atoms with Crippen molar-refractivity contribution in [1.29, 1.82) is 0 Å². The van der Waals surface area contributed by atoms with Crippen molar-refractivity contribution in [2.45, 2.75) is 39.8 Å². The second-order valence-electron chi connectivity index (χ2n) is 6.53. The number of nitrogens with zero attached hydrogens (tertiary/aromatic N) is 1. The minimum atomic E-state index is -0.621. The van der Waals surface area contributed by atoms with Crippen LogP contribution in [0.5, 0.6) is 0 Å². The van der Waals surface area contributed by atoms with E-state index in [9.17, 15) is 14.0 Å². The highest BCUT2D eigenvalue weighted by atomic mass is 19.1. The molecule has 2 aromatic carbocycles. The van der Waals surface area contributed by atoms with Gasteiger partial charge in [0.15, 0.2) is 0 Å². The molecule has 0 unspecified atom stereocenters. The number of hydrogen-bond acceptors (Lipinski definition) is 2. The summed E-state index contributed by atoms with van der Waals surface area (Å²) < 4.78 is 13.1. The lowest BCUT2D eigenvalue weighted by Crippen LogP contribution is -2.47. The molecule has 0 saturated carbocycles. The molecule has 5 heteroatoms. The van der Waals surface area contributed by atoms with E-state index in [1.165, 1.54) is 22.6 Å². The fourth-order valence-electron chi connectivity index (χ4n) is 2.77. The quantitative estimate of drug-likeness (QED) is 0.864. The molecule has 4 nitrogen and oxygen atoms in total. The minimum Gasteiger partial charge on any atom is -0.357 e. The first-order valence-corrected chi connectivity index (χ1v) is 8.63. The van der Waals surface area contributed by atoms with Crippen LogP contribution in [0.1, 0.15) is 29.2 Å². The molecule has 0 fully saturated rings. The zero-order chi connectivity index (χ0) is 19.3. The van der Waals surface area contributed by atoms with Crippen LogP contribution in [0.25, 0.3) is 0 Å². The first kappa shape index (κ1) is 19.6. The van der Waals surface area contributed by atoms with Crippen molar-refractivity contribution < 1.29 is 14.0 Å². The Morgan fingerprint density at radius 1 is 1.04 bits per heavy atom. The van der Waals surface area contributed by atoms with Crippen LogP contribution in [0.2, 0.25) is 0 Å². The maximum atomic E-state index is 13.1. The zero-order valence-corrected chi connectivity index (χ0v) is 15.7. The van der Waals surface area contributed by atoms with Crippen LogP contribution in [-0.4, -0.2) is 29.8 Å². The van der Waals surface area contributed by atoms with Gasteiger partial charge in [0.25, 0.3) is 0 Å². The lowest BCUT2D eigenvalue weighted by Gasteiger charge is -2.28. The van der Waals surface area contributed by atoms with Gasteiger partial charge in [-0.25, -0.2) is 4.39 Å². The smallest absolute Gasteiger partial charge is 0.242 e. The van der Waals surface area contributed by atoms with Crippen LogP contribution in [0.3, 0.4) is 0 Å². The highest BCUT2D eigenvalue weighted by molar-refractivity contribution is 5.88. The molecule has 0 bridgehead atoms. The van der Waals surface area contributed by atoms with Gasteiger partial charge < -0.3 is 10.2 Å². The van der Waals surface area contributed by atoms with Crippen LogP contribution < -0.4 is 5.32 Å². The van der Waals surface area contributed by atoms with Gasteiger partial charge in [-0.1, -0.05) is 30.3 Å². The fourth-order valence-corrected chi connectivity index (χ4v) is 2.77. The Bertz CT molecular complexity index is 787. The van der Waals surface area contributed by atoms with E-state index in [1.807, 2.05) is 32.0 Å². The largest absolute Gasteiger partial charge is 0.357 e. The predicted molar refractivity (Wildman–Crippen MR) is 100 cm³/mol. The van der Waals surface area contributed by atoms with Gasteiger partial charge in [-0.2, -0.15) is 0 Å². The fraction of sp³-hybridized carbons (Fsp3) is 0.333. The van der Waals surface area contributed by atoms with Crippen LogP contribution in [0.4, 0.5) is 4.39 Å². The third kappa shape index (κ3) is 4.91. The number of nitrogens with one attached hydrogen (secondary N) is 1. The average Bonchev–Trinajstić information content (AvgIpc) is 2.63. The third-order valence-electron chi connectivity index (χ3n) is 4.61. The molecule has 0 radical (unpaired) electrons. The lowest BCUT2D eigenvalue weighted by molar-refractivity contribution is -0.139. The van der Waals surface area contributed by atoms with Gasteiger partial charge >= 0.3 is 0 Å². The van der Waals surface area contributed by atoms with E-state index in [2.05, 4.69) is 5.32 Å². The molecule has 0 aromatic heterocycles. The molecule has 2 aromatic rings. The van der Waals surface area contributed by atoms with Crippen LogP contribution in [0.15, 0.2) is 42.5 Å². The number of amides is 2. The molecule has 2 amide bonds. The summed E-state index contributed by atoms with van der Waals surface area (Å²) in [6, 6.07) is 11.3. The Morgan fingerprint density at radius 3 is 2.23 bits per heavy atom. The summed E-state index contributed by atoms with van der Waals surface area (Å²) in [4.78, 5) is 26.5. The van der Waals surface area contributed by atoms with E-state index in [0.717, 1.165) is 16.7 Å². The van der Waals surface area contributed by atoms with Crippen molar-refractivity contribution in [3.05, 3.63) is 70.5 Å². The normalized spacial score (nSPS) is 11.7. The molecule has 0 spiro atoms. The van der Waals surface area contributed by atoms with Crippen molar-refractivity contribution in [3.63, 3.8) is 0 Å². The molecule has 0 aliphatic carbocycles. The molecule has 0 heterocycles. The second kappa shape index (κ2) is 8.61. The van der Waals surface area contributed by atoms with Crippen LogP contribution >= 0.6 is 0 Å². The Kier molecular flexibility index (Phi) is 6.50. The summed E-state index contributed by atoms with van der Waals surface area (Å²) in [5.74, 6) is -0.713. The summed E-state index contributed by atoms with van der Waals surface area (Å²) in [6.45, 7) is 5.97. The summed E-state index contributed by atoms with van der Waals surface area (Å²) in [5, 5.41) is 2.58. The van der Waals surface area contributed by atoms with Crippen molar-refractivity contribution >= 4 is 11.8 Å². The van der Waals surface area contributed by atoms with E-state index >= 15 is 0 Å². The van der Waals surface area contributed by atoms with Crippen molar-refractivity contribution in [2.24, 2.45) is 0 Å². The Balaban J connectivity index is 2.23. The van der Waals surface area contributed by atoms with Crippen molar-refractivity contribution in [1.82, 2.24) is 10.2 Å². The highest BCUT2D eigenvalue weighted by Gasteiger charge is 2.25. The van der Waals surface area contributed by atoms with Gasteiger partial charge in [0.1, 0.15) is 11.9 Å². The SMILES string of the molecule is CNC(=O)[C@@H](C)N(Cc1ccc(F)cc1)C(=O)Cc1ccc(C)c(C)c1. The number of aryl methyl sites for hydroxylation is 2. The number of likely N-dealkylation sites (N-methyl/N-ethyl adjacent to an activating group) is 1. The van der Waals surface area contributed by atoms with Gasteiger partial charge in [0.2, 0.25) is 11.8 Å². The molecule has 2 rings (SSSR count). The van der Waals surface area contributed by atoms with Gasteiger partial charge in [0.05, 0.1) is 6.42 Å². The van der Waals surface area contributed by atoms with E-state index in [-0.39, 0.29) is 30.6 Å². The molecular formula is C21H25FN2O2. The molecule has 0 aliphatic heterocycles. The van der Waals surface area contributed by atoms with Gasteiger partial charge in [-0.05, 0) is 55.2 Å². The van der Waals surface area contributed by atoms with Crippen LogP contribution in [-0.2, 0) is 22.6 Å². The second-order valence-corrected chi connectivity index (χ2v) is 6.53. The Hall–Kier alpha value is -2.69. The molecule has 0 saturated heterocycles. The monoisotopic (exact) mass is 356 g/mol. The molecule has 26 heavy (non-hydrogen) atoms. The van der Waals surface area contributed by atoms with E-state index in [0.29, 0.717) is 0 Å². The Labute approximate surface area is 154 Å². The summed E-state index contributed by atoms with van der Waals surface area (Å²) in [6.07, 6.45) is 0.212. The number of hydrogen-bond donors (Lipinski definition) is 1. The average molecular weight is 356 g/mol. The highest BCUT2D eigenvalue weighted by Crippen LogP contribution is 2.15. The first-order chi connectivity index (χ1) is 12.3. The summed E-state index contributed by atoms with van der Waals surface area (Å²) in [5.41, 5.74) is 3.98. The van der Waals surface area contributed by atoms with E-state index in [4.69, 9.17) is 0 Å². The number of halogens is 1. The number of carbonyl (C=O) groups is 2. The molecule has 1 N–H and O–H groups in total. The third-order valence-corrected chi connectivity index (χ3v) is 4.61. The van der Waals surface area contributed by atoms with Gasteiger partial charge in [0, 0.05) is 13.6 Å². The maximum absolute atomic E-state index is 13.1. The number of rotatable bonds is 6. The number of benzene rings is 2. The van der Waals surface area contributed by atoms with Gasteiger partial charge in [-0.3, -0.25) is 9.59 Å². The molecular weight excluding hydrogens is 331 g/mol. The van der Waals surface area contributed by atoms with Crippen molar-refractivity contribution in [2.75, 3.05) is 7.05 Å². The Morgan fingerprint density at radius 2 is 1.65 bits per heavy atom. The zero-order valence-electron chi connectivity index (χ0n) is 15.7. The lowest BCUT2D eigenvalue weighted by atomic mass is 10.0. The topological polar surface area (TPSA) is 49.4 Å². The minimum absolute atomic E-state index is 0.145. The van der Waals surface area contributed by atoms with E-state index in [1.54, 1.807) is 26.1 Å². The first-order valence-electron chi connectivity index (χ1n) is 8.63. The standard InChI is InChI=1S/C21H25FN2O2/c1-14-5-6-18(11-15(14)2)12-20(25)24(16(3)21(26)23-4)13-17-7-9-19(22)10-8-17/h5-11,16H,12-13H2,1-4H3,(H,23,26)/t16-/m1/s1. The predicted octanol–water partition coefficient (Wildman–Crippen LogP) is 3.15. The van der Waals surface area contributed by atoms with Crippen molar-refractivity contribution in [3.8, 4) is 0 Å². The summed E-state index contributed by atoms with van der Waals surface area (Å²) in [7, 11) is 1.54.